The van der Waals surface area contributed by atoms with Crippen molar-refractivity contribution >= 4 is 35.1 Å². The highest BCUT2D eigenvalue weighted by molar-refractivity contribution is 6.31. The Bertz CT molecular complexity index is 998. The summed E-state index contributed by atoms with van der Waals surface area (Å²) in [6.07, 6.45) is 0. The summed E-state index contributed by atoms with van der Waals surface area (Å²) in [5, 5.41) is 1.03. The molecule has 0 unspecified atom stereocenters. The van der Waals surface area contributed by atoms with E-state index >= 15 is 0 Å². The molecule has 0 fully saturated rings. The fourth-order valence-electron chi connectivity index (χ4n) is 2.57. The van der Waals surface area contributed by atoms with E-state index in [9.17, 15) is 9.59 Å². The Morgan fingerprint density at radius 2 is 1.11 bits per heavy atom. The van der Waals surface area contributed by atoms with Crippen LogP contribution < -0.4 is 0 Å². The van der Waals surface area contributed by atoms with E-state index in [4.69, 9.17) is 32.7 Å². The number of nitrogens with zero attached hydrogens (tertiary/aromatic N) is 2. The summed E-state index contributed by atoms with van der Waals surface area (Å²) in [4.78, 5) is 33.6. The molecule has 3 rings (SSSR count). The van der Waals surface area contributed by atoms with E-state index in [2.05, 4.69) is 9.97 Å². The molecule has 1 aromatic heterocycles. The van der Waals surface area contributed by atoms with E-state index in [0.29, 0.717) is 21.2 Å². The molecule has 2 aromatic carbocycles. The van der Waals surface area contributed by atoms with E-state index in [1.165, 1.54) is 14.2 Å². The maximum absolute atomic E-state index is 12.5. The van der Waals surface area contributed by atoms with Gasteiger partial charge in [0.2, 0.25) is 0 Å². The smallest absolute Gasteiger partial charge is 0.357 e. The summed E-state index contributed by atoms with van der Waals surface area (Å²) >= 11 is 11.9. The van der Waals surface area contributed by atoms with Crippen molar-refractivity contribution < 1.29 is 19.1 Å². The number of aromatic nitrogens is 2. The zero-order valence-electron chi connectivity index (χ0n) is 14.9. The largest absolute Gasteiger partial charge is 0.464 e. The fourth-order valence-corrected chi connectivity index (χ4v) is 2.82. The van der Waals surface area contributed by atoms with E-state index < -0.39 is 11.9 Å². The summed E-state index contributed by atoms with van der Waals surface area (Å²) in [7, 11) is 2.46. The van der Waals surface area contributed by atoms with Gasteiger partial charge in [-0.25, -0.2) is 19.6 Å². The third-order valence-corrected chi connectivity index (χ3v) is 4.41. The second-order valence-corrected chi connectivity index (χ2v) is 6.49. The molecule has 0 spiro atoms. The Labute approximate surface area is 171 Å². The van der Waals surface area contributed by atoms with Crippen LogP contribution in [0.1, 0.15) is 21.0 Å². The molecular weight excluding hydrogens is 403 g/mol. The van der Waals surface area contributed by atoms with E-state index in [1.807, 2.05) is 0 Å². The molecule has 0 aliphatic heterocycles. The quantitative estimate of drug-likeness (QED) is 0.573. The van der Waals surface area contributed by atoms with Crippen molar-refractivity contribution in [2.24, 2.45) is 0 Å². The minimum absolute atomic E-state index is 0.0647. The molecule has 28 heavy (non-hydrogen) atoms. The van der Waals surface area contributed by atoms with Gasteiger partial charge in [-0.3, -0.25) is 0 Å². The molecule has 0 atom stereocenters. The number of hydrogen-bond donors (Lipinski definition) is 0. The zero-order chi connectivity index (χ0) is 20.3. The van der Waals surface area contributed by atoms with Gasteiger partial charge < -0.3 is 9.47 Å². The lowest BCUT2D eigenvalue weighted by atomic mass is 10.0. The second kappa shape index (κ2) is 8.37. The highest BCUT2D eigenvalue weighted by atomic mass is 35.5. The summed E-state index contributed by atoms with van der Waals surface area (Å²) in [6, 6.07) is 13.2. The molecule has 8 heteroatoms. The molecule has 1 heterocycles. The molecule has 142 valence electrons. The van der Waals surface area contributed by atoms with Crippen LogP contribution in [0.25, 0.3) is 22.5 Å². The topological polar surface area (TPSA) is 78.4 Å². The number of carbonyl (C=O) groups excluding carboxylic acids is 2. The highest BCUT2D eigenvalue weighted by Gasteiger charge is 2.26. The minimum Gasteiger partial charge on any atom is -0.464 e. The van der Waals surface area contributed by atoms with Gasteiger partial charge >= 0.3 is 11.9 Å². The maximum atomic E-state index is 12.5. The molecule has 0 radical (unpaired) electrons. The van der Waals surface area contributed by atoms with Gasteiger partial charge in [0.25, 0.3) is 0 Å². The third-order valence-electron chi connectivity index (χ3n) is 3.90. The van der Waals surface area contributed by atoms with Crippen LogP contribution in [-0.2, 0) is 9.47 Å². The Morgan fingerprint density at radius 1 is 0.714 bits per heavy atom. The van der Waals surface area contributed by atoms with E-state index in [1.54, 1.807) is 48.5 Å². The van der Waals surface area contributed by atoms with Crippen LogP contribution in [-0.4, -0.2) is 36.1 Å². The highest BCUT2D eigenvalue weighted by Crippen LogP contribution is 2.30. The summed E-state index contributed by atoms with van der Waals surface area (Å²) in [5.74, 6) is -1.27. The number of methoxy groups -OCH3 is 2. The second-order valence-electron chi connectivity index (χ2n) is 5.62. The molecule has 0 amide bonds. The minimum atomic E-state index is -0.715. The van der Waals surface area contributed by atoms with E-state index in [-0.39, 0.29) is 22.8 Å². The van der Waals surface area contributed by atoms with Crippen molar-refractivity contribution in [3.63, 3.8) is 0 Å². The normalized spacial score (nSPS) is 10.4. The summed E-state index contributed by atoms with van der Waals surface area (Å²) in [5.41, 5.74) is 1.17. The predicted octanol–water partition coefficient (Wildman–Crippen LogP) is 4.69. The standard InChI is InChI=1S/C20H14Cl2N2O4/c1-27-19(25)16-15(11-3-7-13(21)8-4-11)17(20(26)28-2)24-18(23-16)12-5-9-14(22)10-6-12/h3-10H,1-2H3. The van der Waals surface area contributed by atoms with Gasteiger partial charge in [0, 0.05) is 21.2 Å². The average molecular weight is 417 g/mol. The average Bonchev–Trinajstić information content (AvgIpc) is 2.73. The lowest BCUT2D eigenvalue weighted by molar-refractivity contribution is 0.0592. The van der Waals surface area contributed by atoms with Crippen molar-refractivity contribution in [2.45, 2.75) is 0 Å². The van der Waals surface area contributed by atoms with Gasteiger partial charge in [0.15, 0.2) is 17.2 Å². The molecule has 0 bridgehead atoms. The summed E-state index contributed by atoms with van der Waals surface area (Å²) < 4.78 is 9.74. The molecule has 6 nitrogen and oxygen atoms in total. The molecule has 0 saturated heterocycles. The number of carbonyl (C=O) groups is 2. The first-order chi connectivity index (χ1) is 13.4. The SMILES string of the molecule is COC(=O)c1nc(-c2ccc(Cl)cc2)nc(C(=O)OC)c1-c1ccc(Cl)cc1. The number of esters is 2. The van der Waals surface area contributed by atoms with Gasteiger partial charge in [-0.2, -0.15) is 0 Å². The predicted molar refractivity (Wildman–Crippen MR) is 106 cm³/mol. The van der Waals surface area contributed by atoms with Crippen LogP contribution in [0.3, 0.4) is 0 Å². The Hall–Kier alpha value is -2.96. The number of benzene rings is 2. The zero-order valence-corrected chi connectivity index (χ0v) is 16.4. The van der Waals surface area contributed by atoms with Crippen molar-refractivity contribution in [2.75, 3.05) is 14.2 Å². The van der Waals surface area contributed by atoms with Crippen LogP contribution in [0.5, 0.6) is 0 Å². The molecule has 3 aromatic rings. The molecular formula is C20H14Cl2N2O4. The molecule has 0 N–H and O–H groups in total. The number of ether oxygens (including phenoxy) is 2. The van der Waals surface area contributed by atoms with Gasteiger partial charge in [0.1, 0.15) is 0 Å². The monoisotopic (exact) mass is 416 g/mol. The van der Waals surface area contributed by atoms with Crippen LogP contribution in [0, 0.1) is 0 Å². The van der Waals surface area contributed by atoms with Gasteiger partial charge in [-0.1, -0.05) is 35.3 Å². The van der Waals surface area contributed by atoms with Gasteiger partial charge in [-0.05, 0) is 42.0 Å². The molecule has 0 aliphatic rings. The third kappa shape index (κ3) is 3.98. The van der Waals surface area contributed by atoms with E-state index in [0.717, 1.165) is 0 Å². The molecule has 0 aliphatic carbocycles. The first kappa shape index (κ1) is 19.8. The van der Waals surface area contributed by atoms with Crippen LogP contribution in [0.15, 0.2) is 48.5 Å². The molecule has 0 saturated carbocycles. The van der Waals surface area contributed by atoms with Crippen LogP contribution in [0.4, 0.5) is 0 Å². The van der Waals surface area contributed by atoms with Gasteiger partial charge in [-0.15, -0.1) is 0 Å². The number of halogens is 2. The van der Waals surface area contributed by atoms with Crippen molar-refractivity contribution in [3.8, 4) is 22.5 Å². The van der Waals surface area contributed by atoms with Crippen LogP contribution >= 0.6 is 23.2 Å². The van der Waals surface area contributed by atoms with Crippen molar-refractivity contribution in [1.82, 2.24) is 9.97 Å². The maximum Gasteiger partial charge on any atom is 0.357 e. The van der Waals surface area contributed by atoms with Crippen molar-refractivity contribution in [1.29, 1.82) is 0 Å². The summed E-state index contributed by atoms with van der Waals surface area (Å²) in [6.45, 7) is 0. The first-order valence-corrected chi connectivity index (χ1v) is 8.80. The first-order valence-electron chi connectivity index (χ1n) is 8.05. The Morgan fingerprint density at radius 3 is 1.50 bits per heavy atom. The Balaban J connectivity index is 2.32. The number of hydrogen-bond acceptors (Lipinski definition) is 6. The van der Waals surface area contributed by atoms with Crippen molar-refractivity contribution in [3.05, 3.63) is 70.0 Å². The van der Waals surface area contributed by atoms with Crippen LogP contribution in [0.2, 0.25) is 10.0 Å². The number of rotatable bonds is 4. The lowest BCUT2D eigenvalue weighted by Gasteiger charge is -2.14. The Kier molecular flexibility index (Phi) is 5.92. The lowest BCUT2D eigenvalue weighted by Crippen LogP contribution is -2.16. The fraction of sp³-hybridized carbons (Fsp3) is 0.100. The van der Waals surface area contributed by atoms with Gasteiger partial charge in [0.05, 0.1) is 14.2 Å².